The monoisotopic (exact) mass is 472 g/mol. The van der Waals surface area contributed by atoms with Crippen molar-refractivity contribution >= 4 is 46.6 Å². The molecule has 0 bridgehead atoms. The van der Waals surface area contributed by atoms with Crippen LogP contribution >= 0.6 is 22.6 Å². The van der Waals surface area contributed by atoms with Gasteiger partial charge in [-0.05, 0) is 46.4 Å². The van der Waals surface area contributed by atoms with Gasteiger partial charge in [-0.3, -0.25) is 9.59 Å². The zero-order valence-electron chi connectivity index (χ0n) is 14.2. The Kier molecular flexibility index (Phi) is 6.61. The van der Waals surface area contributed by atoms with E-state index < -0.39 is 24.5 Å². The maximum atomic E-state index is 12.3. The molecule has 2 rings (SSSR count). The lowest BCUT2D eigenvalue weighted by molar-refractivity contribution is -0.143. The molecule has 0 saturated carbocycles. The Balaban J connectivity index is 2.30. The number of nitrogens with zero attached hydrogens (tertiary/aromatic N) is 1. The summed E-state index contributed by atoms with van der Waals surface area (Å²) in [5, 5.41) is 2.44. The van der Waals surface area contributed by atoms with Crippen LogP contribution in [0.5, 0.6) is 11.5 Å². The predicted octanol–water partition coefficient (Wildman–Crippen LogP) is 1.93. The number of carbonyl (C=O) groups excluding carboxylic acids is 3. The number of urea groups is 1. The Morgan fingerprint density at radius 2 is 2.08 bits per heavy atom. The molecule has 26 heavy (non-hydrogen) atoms. The minimum Gasteiger partial charge on any atom is -0.493 e. The van der Waals surface area contributed by atoms with E-state index in [1.807, 2.05) is 0 Å². The predicted molar refractivity (Wildman–Crippen MR) is 102 cm³/mol. The number of halogens is 1. The first-order chi connectivity index (χ1) is 12.4. The van der Waals surface area contributed by atoms with Crippen LogP contribution in [0.1, 0.15) is 5.56 Å². The number of nitrogens with one attached hydrogen (secondary N) is 1. The van der Waals surface area contributed by atoms with Gasteiger partial charge < -0.3 is 19.5 Å². The lowest BCUT2D eigenvalue weighted by atomic mass is 10.1. The highest BCUT2D eigenvalue weighted by atomic mass is 127. The average molecular weight is 472 g/mol. The van der Waals surface area contributed by atoms with Crippen LogP contribution in [0.2, 0.25) is 0 Å². The summed E-state index contributed by atoms with van der Waals surface area (Å²) in [6.45, 7) is 3.48. The molecule has 1 saturated heterocycles. The molecule has 1 aromatic carbocycles. The van der Waals surface area contributed by atoms with E-state index in [0.717, 1.165) is 8.47 Å². The molecule has 1 aliphatic heterocycles. The minimum absolute atomic E-state index is 0.0523. The number of benzene rings is 1. The molecule has 1 aromatic rings. The lowest BCUT2D eigenvalue weighted by Gasteiger charge is -2.12. The Bertz CT molecular complexity index is 790. The molecule has 9 heteroatoms. The molecular weight excluding hydrogens is 455 g/mol. The third-order valence-corrected chi connectivity index (χ3v) is 4.19. The Morgan fingerprint density at radius 3 is 2.69 bits per heavy atom. The maximum absolute atomic E-state index is 12.3. The van der Waals surface area contributed by atoms with E-state index >= 15 is 0 Å². The van der Waals surface area contributed by atoms with Crippen molar-refractivity contribution in [2.75, 3.05) is 27.4 Å². The van der Waals surface area contributed by atoms with Crippen molar-refractivity contribution in [2.24, 2.45) is 0 Å². The van der Waals surface area contributed by atoms with E-state index in [-0.39, 0.29) is 5.70 Å². The van der Waals surface area contributed by atoms with Gasteiger partial charge in [-0.2, -0.15) is 0 Å². The number of methoxy groups -OCH3 is 2. The highest BCUT2D eigenvalue weighted by Crippen LogP contribution is 2.34. The van der Waals surface area contributed by atoms with Crippen molar-refractivity contribution in [3.05, 3.63) is 39.6 Å². The summed E-state index contributed by atoms with van der Waals surface area (Å²) in [5.41, 5.74) is 0.678. The fourth-order valence-electron chi connectivity index (χ4n) is 2.18. The summed E-state index contributed by atoms with van der Waals surface area (Å²) in [7, 11) is 2.69. The molecule has 0 unspecified atom stereocenters. The smallest absolute Gasteiger partial charge is 0.329 e. The summed E-state index contributed by atoms with van der Waals surface area (Å²) in [4.78, 5) is 36.3. The zero-order valence-corrected chi connectivity index (χ0v) is 16.4. The Morgan fingerprint density at radius 1 is 1.35 bits per heavy atom. The first kappa shape index (κ1) is 19.8. The molecule has 0 radical (unpaired) electrons. The highest BCUT2D eigenvalue weighted by Gasteiger charge is 2.35. The van der Waals surface area contributed by atoms with Gasteiger partial charge in [0.1, 0.15) is 18.8 Å². The number of ether oxygens (including phenoxy) is 3. The Labute approximate surface area is 163 Å². The maximum Gasteiger partial charge on any atom is 0.329 e. The number of amides is 3. The van der Waals surface area contributed by atoms with Crippen molar-refractivity contribution in [3.8, 4) is 11.5 Å². The van der Waals surface area contributed by atoms with Crippen molar-refractivity contribution in [3.63, 3.8) is 0 Å². The SMILES string of the molecule is C=CCOc1c(I)cc(/C=C2\NC(=O)N(CC(=O)OC)C2=O)cc1OC. The molecule has 1 N–H and O–H groups in total. The Hall–Kier alpha value is -2.56. The number of hydrogen-bond acceptors (Lipinski definition) is 6. The molecule has 1 aliphatic rings. The molecule has 1 heterocycles. The van der Waals surface area contributed by atoms with E-state index in [1.165, 1.54) is 20.3 Å². The summed E-state index contributed by atoms with van der Waals surface area (Å²) in [5.74, 6) is -0.255. The van der Waals surface area contributed by atoms with Gasteiger partial charge in [-0.15, -0.1) is 0 Å². The number of esters is 1. The number of carbonyl (C=O) groups is 3. The first-order valence-electron chi connectivity index (χ1n) is 7.43. The average Bonchev–Trinajstić information content (AvgIpc) is 2.87. The van der Waals surface area contributed by atoms with Crippen molar-refractivity contribution in [1.82, 2.24) is 10.2 Å². The second-order valence-electron chi connectivity index (χ2n) is 5.09. The van der Waals surface area contributed by atoms with Crippen LogP contribution in [-0.2, 0) is 14.3 Å². The zero-order chi connectivity index (χ0) is 19.3. The number of hydrogen-bond donors (Lipinski definition) is 1. The van der Waals surface area contributed by atoms with Crippen LogP contribution in [0.15, 0.2) is 30.5 Å². The molecule has 0 aromatic heterocycles. The molecular formula is C17H17IN2O6. The second kappa shape index (κ2) is 8.70. The number of imide groups is 1. The first-order valence-corrected chi connectivity index (χ1v) is 8.51. The van der Waals surface area contributed by atoms with Crippen LogP contribution in [0.4, 0.5) is 4.79 Å². The van der Waals surface area contributed by atoms with E-state index in [4.69, 9.17) is 9.47 Å². The number of rotatable bonds is 7. The van der Waals surface area contributed by atoms with Gasteiger partial charge >= 0.3 is 12.0 Å². The van der Waals surface area contributed by atoms with Gasteiger partial charge in [0.2, 0.25) is 0 Å². The van der Waals surface area contributed by atoms with Gasteiger partial charge in [0, 0.05) is 0 Å². The van der Waals surface area contributed by atoms with Crippen LogP contribution < -0.4 is 14.8 Å². The molecule has 0 atom stereocenters. The standard InChI is InChI=1S/C17H17IN2O6/c1-4-5-26-15-11(18)6-10(8-13(15)24-2)7-12-16(22)20(17(23)19-12)9-14(21)25-3/h4,6-8H,1,5,9H2,2-3H3,(H,19,23)/b12-7-. The summed E-state index contributed by atoms with van der Waals surface area (Å²) in [6, 6.07) is 2.77. The molecule has 0 aliphatic carbocycles. The van der Waals surface area contributed by atoms with Crippen molar-refractivity contribution < 1.29 is 28.6 Å². The molecule has 0 spiro atoms. The van der Waals surface area contributed by atoms with Crippen molar-refractivity contribution in [2.45, 2.75) is 0 Å². The minimum atomic E-state index is -0.685. The third kappa shape index (κ3) is 4.34. The van der Waals surface area contributed by atoms with E-state index in [1.54, 1.807) is 18.2 Å². The topological polar surface area (TPSA) is 94.2 Å². The summed E-state index contributed by atoms with van der Waals surface area (Å²) in [6.07, 6.45) is 3.12. The normalized spacial score (nSPS) is 15.0. The fraction of sp³-hybridized carbons (Fsp3) is 0.235. The second-order valence-corrected chi connectivity index (χ2v) is 6.25. The quantitative estimate of drug-likeness (QED) is 0.214. The highest BCUT2D eigenvalue weighted by molar-refractivity contribution is 14.1. The van der Waals surface area contributed by atoms with Gasteiger partial charge in [0.25, 0.3) is 5.91 Å². The van der Waals surface area contributed by atoms with Crippen LogP contribution in [-0.4, -0.2) is 50.2 Å². The van der Waals surface area contributed by atoms with Gasteiger partial charge in [-0.25, -0.2) is 9.69 Å². The van der Waals surface area contributed by atoms with Crippen LogP contribution in [0.25, 0.3) is 6.08 Å². The lowest BCUT2D eigenvalue weighted by Crippen LogP contribution is -2.36. The van der Waals surface area contributed by atoms with Crippen LogP contribution in [0.3, 0.4) is 0 Å². The van der Waals surface area contributed by atoms with Crippen molar-refractivity contribution in [1.29, 1.82) is 0 Å². The fourth-order valence-corrected chi connectivity index (χ4v) is 2.96. The molecule has 8 nitrogen and oxygen atoms in total. The summed E-state index contributed by atoms with van der Waals surface area (Å²) < 4.78 is 16.1. The van der Waals surface area contributed by atoms with Crippen LogP contribution in [0, 0.1) is 3.57 Å². The van der Waals surface area contributed by atoms with E-state index in [0.29, 0.717) is 23.7 Å². The van der Waals surface area contributed by atoms with Gasteiger partial charge in [0.15, 0.2) is 11.5 Å². The summed E-state index contributed by atoms with van der Waals surface area (Å²) >= 11 is 2.08. The largest absolute Gasteiger partial charge is 0.493 e. The van der Waals surface area contributed by atoms with E-state index in [9.17, 15) is 14.4 Å². The third-order valence-electron chi connectivity index (χ3n) is 3.39. The molecule has 1 fully saturated rings. The van der Waals surface area contributed by atoms with Gasteiger partial charge in [0.05, 0.1) is 17.8 Å². The van der Waals surface area contributed by atoms with E-state index in [2.05, 4.69) is 39.2 Å². The molecule has 3 amide bonds. The molecule has 138 valence electrons. The van der Waals surface area contributed by atoms with Gasteiger partial charge in [-0.1, -0.05) is 12.7 Å².